The third-order valence-electron chi connectivity index (χ3n) is 5.60. The zero-order chi connectivity index (χ0) is 21.1. The number of nitrogens with zero attached hydrogens (tertiary/aromatic N) is 2. The topological polar surface area (TPSA) is 63.6 Å². The molecule has 0 aliphatic carbocycles. The van der Waals surface area contributed by atoms with Gasteiger partial charge in [-0.3, -0.25) is 14.5 Å². The van der Waals surface area contributed by atoms with E-state index >= 15 is 0 Å². The second-order valence-corrected chi connectivity index (χ2v) is 7.40. The van der Waals surface area contributed by atoms with Gasteiger partial charge in [-0.15, -0.1) is 0 Å². The number of amides is 1. The van der Waals surface area contributed by atoms with Gasteiger partial charge in [0.1, 0.15) is 5.82 Å². The van der Waals surface area contributed by atoms with Crippen molar-refractivity contribution >= 4 is 16.8 Å². The average molecular weight is 409 g/mol. The molecule has 1 unspecified atom stereocenters. The van der Waals surface area contributed by atoms with Crippen molar-refractivity contribution < 1.29 is 13.9 Å². The molecule has 7 heteroatoms. The molecule has 0 bridgehead atoms. The normalized spacial score (nSPS) is 15.8. The Balaban J connectivity index is 1.60. The lowest BCUT2D eigenvalue weighted by atomic mass is 10.0. The molecule has 6 nitrogen and oxygen atoms in total. The van der Waals surface area contributed by atoms with E-state index in [1.54, 1.807) is 19.2 Å². The van der Waals surface area contributed by atoms with E-state index in [1.165, 1.54) is 22.8 Å². The number of benzene rings is 2. The molecule has 156 valence electrons. The highest BCUT2D eigenvalue weighted by atomic mass is 19.1. The highest BCUT2D eigenvalue weighted by molar-refractivity contribution is 6.06. The van der Waals surface area contributed by atoms with E-state index in [9.17, 15) is 14.0 Å². The Labute approximate surface area is 173 Å². The Morgan fingerprint density at radius 1 is 1.13 bits per heavy atom. The molecule has 1 saturated heterocycles. The van der Waals surface area contributed by atoms with Crippen molar-refractivity contribution in [1.29, 1.82) is 0 Å². The number of nitrogens with one attached hydrogen (secondary N) is 1. The van der Waals surface area contributed by atoms with E-state index in [0.717, 1.165) is 24.0 Å². The first-order valence-corrected chi connectivity index (χ1v) is 9.99. The number of carbonyl (C=O) groups excluding carboxylic acids is 1. The van der Waals surface area contributed by atoms with Gasteiger partial charge in [0.15, 0.2) is 0 Å². The van der Waals surface area contributed by atoms with Gasteiger partial charge in [0.2, 0.25) is 0 Å². The van der Waals surface area contributed by atoms with Gasteiger partial charge in [-0.05, 0) is 23.8 Å². The molecule has 1 aliphatic rings. The van der Waals surface area contributed by atoms with E-state index in [-0.39, 0.29) is 23.3 Å². The molecule has 1 aliphatic heterocycles. The van der Waals surface area contributed by atoms with E-state index in [2.05, 4.69) is 10.2 Å². The Hall–Kier alpha value is -3.03. The van der Waals surface area contributed by atoms with E-state index in [1.807, 2.05) is 24.3 Å². The van der Waals surface area contributed by atoms with Crippen LogP contribution in [0.3, 0.4) is 0 Å². The van der Waals surface area contributed by atoms with Crippen LogP contribution < -0.4 is 10.9 Å². The number of hydrogen-bond donors (Lipinski definition) is 1. The standard InChI is InChI=1S/C23H24FN3O3/c1-26-20-5-3-2-4-18(20)19(14-22(26)28)23(29)25-15-21(27-10-12-30-13-11-27)16-6-8-17(24)9-7-16/h2-9,14,21H,10-13,15H2,1H3,(H,25,29). The van der Waals surface area contributed by atoms with Gasteiger partial charge >= 0.3 is 0 Å². The van der Waals surface area contributed by atoms with Gasteiger partial charge in [-0.25, -0.2) is 4.39 Å². The van der Waals surface area contributed by atoms with Crippen molar-refractivity contribution in [2.75, 3.05) is 32.8 Å². The van der Waals surface area contributed by atoms with Crippen LogP contribution in [0.1, 0.15) is 22.0 Å². The molecule has 1 aromatic heterocycles. The molecule has 3 aromatic rings. The van der Waals surface area contributed by atoms with E-state index in [4.69, 9.17) is 4.74 Å². The van der Waals surface area contributed by atoms with Crippen LogP contribution in [0.4, 0.5) is 4.39 Å². The number of para-hydroxylation sites is 1. The average Bonchev–Trinajstić information content (AvgIpc) is 2.78. The van der Waals surface area contributed by atoms with Gasteiger partial charge < -0.3 is 14.6 Å². The van der Waals surface area contributed by atoms with Gasteiger partial charge in [0.05, 0.1) is 30.3 Å². The fourth-order valence-corrected chi connectivity index (χ4v) is 3.91. The summed E-state index contributed by atoms with van der Waals surface area (Å²) in [5.74, 6) is -0.598. The van der Waals surface area contributed by atoms with Gasteiger partial charge in [-0.2, -0.15) is 0 Å². The van der Waals surface area contributed by atoms with Gasteiger partial charge in [0.25, 0.3) is 11.5 Å². The molecule has 4 rings (SSSR count). The number of aryl methyl sites for hydroxylation is 1. The quantitative estimate of drug-likeness (QED) is 0.703. The van der Waals surface area contributed by atoms with Crippen molar-refractivity contribution in [1.82, 2.24) is 14.8 Å². The third-order valence-corrected chi connectivity index (χ3v) is 5.60. The van der Waals surface area contributed by atoms with Crippen LogP contribution in [0.15, 0.2) is 59.4 Å². The number of morpholine rings is 1. The molecular weight excluding hydrogens is 385 g/mol. The SMILES string of the molecule is Cn1c(=O)cc(C(=O)NCC(c2ccc(F)cc2)N2CCOCC2)c2ccccc21. The Morgan fingerprint density at radius 2 is 1.83 bits per heavy atom. The summed E-state index contributed by atoms with van der Waals surface area (Å²) in [6, 6.07) is 15.0. The smallest absolute Gasteiger partial charge is 0.252 e. The molecule has 0 saturated carbocycles. The fraction of sp³-hybridized carbons (Fsp3) is 0.304. The first-order valence-electron chi connectivity index (χ1n) is 9.99. The number of halogens is 1. The molecule has 1 fully saturated rings. The van der Waals surface area contributed by atoms with Crippen LogP contribution in [0.5, 0.6) is 0 Å². The number of rotatable bonds is 5. The monoisotopic (exact) mass is 409 g/mol. The Bertz CT molecular complexity index is 1100. The highest BCUT2D eigenvalue weighted by Crippen LogP contribution is 2.22. The van der Waals surface area contributed by atoms with E-state index < -0.39 is 0 Å². The molecule has 2 heterocycles. The Morgan fingerprint density at radius 3 is 2.57 bits per heavy atom. The van der Waals surface area contributed by atoms with Crippen molar-refractivity contribution in [2.45, 2.75) is 6.04 Å². The number of hydrogen-bond acceptors (Lipinski definition) is 4. The fourth-order valence-electron chi connectivity index (χ4n) is 3.91. The number of pyridine rings is 1. The van der Waals surface area contributed by atoms with Crippen molar-refractivity contribution in [3.8, 4) is 0 Å². The predicted molar refractivity (Wildman–Crippen MR) is 113 cm³/mol. The number of fused-ring (bicyclic) bond motifs is 1. The number of ether oxygens (including phenoxy) is 1. The van der Waals surface area contributed by atoms with Crippen LogP contribution in [0.2, 0.25) is 0 Å². The summed E-state index contributed by atoms with van der Waals surface area (Å²) >= 11 is 0. The van der Waals surface area contributed by atoms with Gasteiger partial charge in [0, 0.05) is 38.1 Å². The highest BCUT2D eigenvalue weighted by Gasteiger charge is 2.24. The molecule has 30 heavy (non-hydrogen) atoms. The summed E-state index contributed by atoms with van der Waals surface area (Å²) in [4.78, 5) is 27.6. The first-order chi connectivity index (χ1) is 14.5. The largest absolute Gasteiger partial charge is 0.379 e. The summed E-state index contributed by atoms with van der Waals surface area (Å²) < 4.78 is 20.4. The Kier molecular flexibility index (Phi) is 5.92. The first kappa shape index (κ1) is 20.3. The molecule has 1 N–H and O–H groups in total. The van der Waals surface area contributed by atoms with E-state index in [0.29, 0.717) is 30.8 Å². The third kappa shape index (κ3) is 4.13. The molecule has 0 radical (unpaired) electrons. The van der Waals surface area contributed by atoms with Crippen molar-refractivity contribution in [2.24, 2.45) is 7.05 Å². The molecule has 1 amide bonds. The minimum Gasteiger partial charge on any atom is -0.379 e. The summed E-state index contributed by atoms with van der Waals surface area (Å²) in [5.41, 5.74) is 1.75. The molecule has 0 spiro atoms. The van der Waals surface area contributed by atoms with Crippen molar-refractivity contribution in [3.63, 3.8) is 0 Å². The van der Waals surface area contributed by atoms with Crippen molar-refractivity contribution in [3.05, 3.63) is 81.9 Å². The molecule has 2 aromatic carbocycles. The maximum atomic E-state index is 13.4. The maximum absolute atomic E-state index is 13.4. The lowest BCUT2D eigenvalue weighted by Crippen LogP contribution is -2.44. The van der Waals surface area contributed by atoms with Crippen LogP contribution in [0, 0.1) is 5.82 Å². The zero-order valence-electron chi connectivity index (χ0n) is 16.8. The number of aromatic nitrogens is 1. The predicted octanol–water partition coefficient (Wildman–Crippen LogP) is 2.48. The minimum atomic E-state index is -0.302. The minimum absolute atomic E-state index is 0.115. The zero-order valence-corrected chi connectivity index (χ0v) is 16.8. The van der Waals surface area contributed by atoms with Crippen LogP contribution in [0.25, 0.3) is 10.9 Å². The maximum Gasteiger partial charge on any atom is 0.252 e. The second kappa shape index (κ2) is 8.77. The lowest BCUT2D eigenvalue weighted by Gasteiger charge is -2.35. The summed E-state index contributed by atoms with van der Waals surface area (Å²) in [6.45, 7) is 3.03. The summed E-state index contributed by atoms with van der Waals surface area (Å²) in [7, 11) is 1.69. The van der Waals surface area contributed by atoms with Crippen LogP contribution >= 0.6 is 0 Å². The van der Waals surface area contributed by atoms with Gasteiger partial charge in [-0.1, -0.05) is 30.3 Å². The molecular formula is C23H24FN3O3. The molecule has 1 atom stereocenters. The van der Waals surface area contributed by atoms with Crippen LogP contribution in [-0.2, 0) is 11.8 Å². The summed E-state index contributed by atoms with van der Waals surface area (Å²) in [6.07, 6.45) is 0. The number of carbonyl (C=O) groups is 1. The second-order valence-electron chi connectivity index (χ2n) is 7.40. The summed E-state index contributed by atoms with van der Waals surface area (Å²) in [5, 5.41) is 3.71. The van der Waals surface area contributed by atoms with Crippen LogP contribution in [-0.4, -0.2) is 48.2 Å². The lowest BCUT2D eigenvalue weighted by molar-refractivity contribution is 0.0162.